The molecule has 0 aliphatic heterocycles. The molecule has 0 bridgehead atoms. The Balaban J connectivity index is 2.34. The van der Waals surface area contributed by atoms with Crippen molar-refractivity contribution in [3.8, 4) is 0 Å². The molecule has 64 valence electrons. The fraction of sp³-hybridized carbons (Fsp3) is 0. The Bertz CT molecular complexity index is 394. The lowest BCUT2D eigenvalue weighted by atomic mass is 10.2. The summed E-state index contributed by atoms with van der Waals surface area (Å²) in [6.45, 7) is 0. The van der Waals surface area contributed by atoms with Gasteiger partial charge in [0.1, 0.15) is 11.4 Å². The van der Waals surface area contributed by atoms with Gasteiger partial charge in [-0.3, -0.25) is 9.78 Å². The van der Waals surface area contributed by atoms with Crippen LogP contribution in [0.2, 0.25) is 0 Å². The van der Waals surface area contributed by atoms with Gasteiger partial charge in [0.25, 0.3) is 0 Å². The summed E-state index contributed by atoms with van der Waals surface area (Å²) in [6.07, 6.45) is 4.54. The zero-order valence-corrected chi connectivity index (χ0v) is 6.77. The van der Waals surface area contributed by atoms with Crippen LogP contribution in [-0.2, 0) is 0 Å². The number of aromatic nitrogens is 3. The van der Waals surface area contributed by atoms with Gasteiger partial charge in [-0.05, 0) is 12.1 Å². The molecule has 0 spiro atoms. The van der Waals surface area contributed by atoms with Gasteiger partial charge in [0.05, 0.1) is 12.5 Å². The zero-order valence-electron chi connectivity index (χ0n) is 6.77. The van der Waals surface area contributed by atoms with Crippen LogP contribution < -0.4 is 0 Å². The highest BCUT2D eigenvalue weighted by Gasteiger charge is 2.09. The van der Waals surface area contributed by atoms with E-state index in [0.717, 1.165) is 0 Å². The summed E-state index contributed by atoms with van der Waals surface area (Å²) in [5, 5.41) is 0. The van der Waals surface area contributed by atoms with Crippen molar-refractivity contribution in [2.45, 2.75) is 0 Å². The Kier molecular flexibility index (Phi) is 1.88. The fourth-order valence-corrected chi connectivity index (χ4v) is 1.02. The molecule has 4 nitrogen and oxygen atoms in total. The molecule has 0 atom stereocenters. The first-order valence-corrected chi connectivity index (χ1v) is 3.82. The smallest absolute Gasteiger partial charge is 0.229 e. The SMILES string of the molecule is O=C(c1ccccn1)c1cnc[nH]1. The molecule has 0 aromatic carbocycles. The van der Waals surface area contributed by atoms with Crippen LogP contribution in [-0.4, -0.2) is 20.7 Å². The first-order valence-electron chi connectivity index (χ1n) is 3.82. The average molecular weight is 173 g/mol. The van der Waals surface area contributed by atoms with E-state index in [2.05, 4.69) is 15.0 Å². The van der Waals surface area contributed by atoms with Crippen LogP contribution in [0.4, 0.5) is 0 Å². The summed E-state index contributed by atoms with van der Waals surface area (Å²) in [5.74, 6) is -0.141. The number of hydrogen-bond donors (Lipinski definition) is 1. The lowest BCUT2D eigenvalue weighted by Gasteiger charge is -1.94. The molecule has 1 N–H and O–H groups in total. The molecule has 0 aliphatic carbocycles. The van der Waals surface area contributed by atoms with Crippen LogP contribution in [0.1, 0.15) is 16.2 Å². The number of nitrogens with zero attached hydrogens (tertiary/aromatic N) is 2. The second-order valence-electron chi connectivity index (χ2n) is 2.51. The number of ketones is 1. The van der Waals surface area contributed by atoms with E-state index in [1.54, 1.807) is 24.4 Å². The van der Waals surface area contributed by atoms with Gasteiger partial charge in [-0.2, -0.15) is 0 Å². The number of pyridine rings is 1. The number of carbonyl (C=O) groups is 1. The summed E-state index contributed by atoms with van der Waals surface area (Å²) in [4.78, 5) is 22.0. The van der Waals surface area contributed by atoms with E-state index in [1.165, 1.54) is 12.5 Å². The monoisotopic (exact) mass is 173 g/mol. The summed E-state index contributed by atoms with van der Waals surface area (Å²) < 4.78 is 0. The molecular formula is C9H7N3O. The van der Waals surface area contributed by atoms with Crippen molar-refractivity contribution in [2.75, 3.05) is 0 Å². The molecule has 2 rings (SSSR count). The van der Waals surface area contributed by atoms with E-state index in [1.807, 2.05) is 0 Å². The highest BCUT2D eigenvalue weighted by molar-refractivity contribution is 6.06. The Labute approximate surface area is 74.7 Å². The van der Waals surface area contributed by atoms with Crippen LogP contribution in [0.25, 0.3) is 0 Å². The van der Waals surface area contributed by atoms with E-state index in [0.29, 0.717) is 11.4 Å². The van der Waals surface area contributed by atoms with Gasteiger partial charge in [0.15, 0.2) is 0 Å². The lowest BCUT2D eigenvalue weighted by molar-refractivity contribution is 0.103. The third-order valence-electron chi connectivity index (χ3n) is 1.64. The molecule has 0 aliphatic rings. The highest BCUT2D eigenvalue weighted by atomic mass is 16.1. The maximum absolute atomic E-state index is 11.6. The van der Waals surface area contributed by atoms with Crippen LogP contribution in [0.15, 0.2) is 36.9 Å². The second kappa shape index (κ2) is 3.18. The molecule has 0 radical (unpaired) electrons. The van der Waals surface area contributed by atoms with Crippen molar-refractivity contribution < 1.29 is 4.79 Å². The number of imidazole rings is 1. The first-order chi connectivity index (χ1) is 6.38. The van der Waals surface area contributed by atoms with E-state index < -0.39 is 0 Å². The predicted octanol–water partition coefficient (Wildman–Crippen LogP) is 1.04. The average Bonchev–Trinajstić information content (AvgIpc) is 2.71. The maximum atomic E-state index is 11.6. The molecule has 2 aromatic heterocycles. The Morgan fingerprint density at radius 3 is 2.92 bits per heavy atom. The predicted molar refractivity (Wildman–Crippen MR) is 46.3 cm³/mol. The zero-order chi connectivity index (χ0) is 9.10. The van der Waals surface area contributed by atoms with E-state index in [4.69, 9.17) is 0 Å². The summed E-state index contributed by atoms with van der Waals surface area (Å²) >= 11 is 0. The second-order valence-corrected chi connectivity index (χ2v) is 2.51. The molecule has 0 saturated heterocycles. The number of hydrogen-bond acceptors (Lipinski definition) is 3. The van der Waals surface area contributed by atoms with Crippen molar-refractivity contribution in [1.29, 1.82) is 0 Å². The molecule has 0 amide bonds. The normalized spacial score (nSPS) is 9.85. The largest absolute Gasteiger partial charge is 0.342 e. The molecule has 0 fully saturated rings. The summed E-state index contributed by atoms with van der Waals surface area (Å²) in [5.41, 5.74) is 0.880. The number of aromatic amines is 1. The standard InChI is InChI=1S/C9H7N3O/c13-9(8-5-10-6-12-8)7-3-1-2-4-11-7/h1-6H,(H,10,12). The fourth-order valence-electron chi connectivity index (χ4n) is 1.02. The van der Waals surface area contributed by atoms with Gasteiger partial charge in [-0.1, -0.05) is 6.07 Å². The van der Waals surface area contributed by atoms with Crippen molar-refractivity contribution >= 4 is 5.78 Å². The molecule has 4 heteroatoms. The van der Waals surface area contributed by atoms with Crippen LogP contribution in [0.3, 0.4) is 0 Å². The van der Waals surface area contributed by atoms with Gasteiger partial charge in [-0.15, -0.1) is 0 Å². The quantitative estimate of drug-likeness (QED) is 0.690. The van der Waals surface area contributed by atoms with E-state index >= 15 is 0 Å². The molecule has 0 saturated carbocycles. The minimum atomic E-state index is -0.141. The highest BCUT2D eigenvalue weighted by Crippen LogP contribution is 2.02. The number of nitrogens with one attached hydrogen (secondary N) is 1. The van der Waals surface area contributed by atoms with Gasteiger partial charge in [0.2, 0.25) is 5.78 Å². The van der Waals surface area contributed by atoms with E-state index in [9.17, 15) is 4.79 Å². The van der Waals surface area contributed by atoms with Gasteiger partial charge in [0, 0.05) is 6.20 Å². The third kappa shape index (κ3) is 1.46. The van der Waals surface area contributed by atoms with Crippen LogP contribution in [0.5, 0.6) is 0 Å². The van der Waals surface area contributed by atoms with E-state index in [-0.39, 0.29) is 5.78 Å². The maximum Gasteiger partial charge on any atom is 0.229 e. The Morgan fingerprint density at radius 2 is 2.31 bits per heavy atom. The lowest BCUT2D eigenvalue weighted by Crippen LogP contribution is -2.03. The topological polar surface area (TPSA) is 58.6 Å². The minimum Gasteiger partial charge on any atom is -0.342 e. The van der Waals surface area contributed by atoms with Gasteiger partial charge < -0.3 is 4.98 Å². The third-order valence-corrected chi connectivity index (χ3v) is 1.64. The first kappa shape index (κ1) is 7.67. The van der Waals surface area contributed by atoms with Gasteiger partial charge >= 0.3 is 0 Å². The summed E-state index contributed by atoms with van der Waals surface area (Å²) in [6, 6.07) is 5.21. The van der Waals surface area contributed by atoms with Crippen molar-refractivity contribution in [1.82, 2.24) is 15.0 Å². The Morgan fingerprint density at radius 1 is 1.38 bits per heavy atom. The summed E-state index contributed by atoms with van der Waals surface area (Å²) in [7, 11) is 0. The number of rotatable bonds is 2. The van der Waals surface area contributed by atoms with Crippen molar-refractivity contribution in [3.63, 3.8) is 0 Å². The Hall–Kier alpha value is -1.97. The van der Waals surface area contributed by atoms with Crippen LogP contribution in [0, 0.1) is 0 Å². The van der Waals surface area contributed by atoms with Crippen LogP contribution >= 0.6 is 0 Å². The molecule has 2 aromatic rings. The molecular weight excluding hydrogens is 166 g/mol. The number of H-pyrrole nitrogens is 1. The van der Waals surface area contributed by atoms with Crippen molar-refractivity contribution in [2.24, 2.45) is 0 Å². The van der Waals surface area contributed by atoms with Crippen molar-refractivity contribution in [3.05, 3.63) is 48.3 Å². The van der Waals surface area contributed by atoms with Gasteiger partial charge in [-0.25, -0.2) is 4.98 Å². The molecule has 2 heterocycles. The minimum absolute atomic E-state index is 0.141. The number of carbonyl (C=O) groups excluding carboxylic acids is 1. The molecule has 13 heavy (non-hydrogen) atoms. The molecule has 0 unspecified atom stereocenters.